The number of fused-ring (bicyclic) bond motifs is 1. The van der Waals surface area contributed by atoms with Crippen LogP contribution in [0.2, 0.25) is 39.3 Å². The Kier molecular flexibility index (Phi) is 7.46. The van der Waals surface area contributed by atoms with Crippen LogP contribution in [0.5, 0.6) is 0 Å². The van der Waals surface area contributed by atoms with Gasteiger partial charge in [-0.25, -0.2) is 0 Å². The van der Waals surface area contributed by atoms with E-state index in [1.54, 1.807) is 0 Å². The van der Waals surface area contributed by atoms with Crippen LogP contribution in [0.25, 0.3) is 0 Å². The molecule has 0 saturated heterocycles. The molecule has 0 bridgehead atoms. The van der Waals surface area contributed by atoms with Crippen molar-refractivity contribution in [2.75, 3.05) is 0 Å². The van der Waals surface area contributed by atoms with E-state index in [1.165, 1.54) is 44.6 Å². The third-order valence-corrected chi connectivity index (χ3v) is 12.0. The Hall–Kier alpha value is -1.73. The molecule has 4 heteroatoms. The summed E-state index contributed by atoms with van der Waals surface area (Å²) >= 11 is 0. The van der Waals surface area contributed by atoms with E-state index in [1.807, 2.05) is 0 Å². The molecule has 5 aliphatic carbocycles. The maximum absolute atomic E-state index is 7.21. The Bertz CT molecular complexity index is 1320. The lowest BCUT2D eigenvalue weighted by Crippen LogP contribution is -2.52. The van der Waals surface area contributed by atoms with Crippen LogP contribution >= 0.6 is 0 Å². The van der Waals surface area contributed by atoms with Crippen molar-refractivity contribution in [2.45, 2.75) is 120 Å². The molecule has 4 atom stereocenters. The first-order valence-electron chi connectivity index (χ1n) is 16.1. The fourth-order valence-corrected chi connectivity index (χ4v) is 9.77. The van der Waals surface area contributed by atoms with Crippen LogP contribution in [0.1, 0.15) is 68.2 Å². The van der Waals surface area contributed by atoms with Crippen molar-refractivity contribution in [3.05, 3.63) is 93.2 Å². The monoisotopic (exact) mass is 600 g/mol. The summed E-state index contributed by atoms with van der Waals surface area (Å²) in [6.07, 6.45) is 21.5. The zero-order valence-corrected chi connectivity index (χ0v) is 31.0. The minimum Gasteiger partial charge on any atom is -0.410 e. The molecule has 5 aliphatic rings. The predicted molar refractivity (Wildman–Crippen MR) is 185 cm³/mol. The van der Waals surface area contributed by atoms with Gasteiger partial charge in [-0.3, -0.25) is 0 Å². The lowest BCUT2D eigenvalue weighted by atomic mass is 9.43. The summed E-state index contributed by atoms with van der Waals surface area (Å²) in [5.41, 5.74) is 11.0. The average molecular weight is 601 g/mol. The molecule has 0 aromatic carbocycles. The minimum absolute atomic E-state index is 0.00314. The third-order valence-electron chi connectivity index (χ3n) is 10.0. The number of hydrogen-bond acceptors (Lipinski definition) is 2. The van der Waals surface area contributed by atoms with Crippen LogP contribution in [-0.2, 0) is 8.85 Å². The molecular weight excluding hydrogens is 545 g/mol. The normalized spacial score (nSPS) is 32.2. The lowest BCUT2D eigenvalue weighted by Gasteiger charge is -2.60. The largest absolute Gasteiger partial charge is 0.410 e. The molecule has 2 unspecified atom stereocenters. The van der Waals surface area contributed by atoms with Gasteiger partial charge in [0.05, 0.1) is 12.2 Å². The Morgan fingerprint density at radius 3 is 1.21 bits per heavy atom. The van der Waals surface area contributed by atoms with Crippen molar-refractivity contribution >= 4 is 16.6 Å². The number of allylic oxidation sites excluding steroid dienone is 12. The van der Waals surface area contributed by atoms with Crippen molar-refractivity contribution in [1.82, 2.24) is 0 Å². The molecule has 5 rings (SSSR count). The second kappa shape index (κ2) is 9.89. The Morgan fingerprint density at radius 2 is 0.929 bits per heavy atom. The van der Waals surface area contributed by atoms with E-state index >= 15 is 0 Å². The minimum atomic E-state index is -1.88. The van der Waals surface area contributed by atoms with Crippen molar-refractivity contribution in [3.8, 4) is 0 Å². The fraction of sp³-hybridized carbons (Fsp3) is 0.579. The van der Waals surface area contributed by atoms with Crippen LogP contribution in [0, 0.1) is 21.7 Å². The molecule has 0 saturated carbocycles. The molecular formula is C38H56O2Si2. The van der Waals surface area contributed by atoms with E-state index in [2.05, 4.69) is 143 Å². The van der Waals surface area contributed by atoms with Gasteiger partial charge in [0.2, 0.25) is 0 Å². The van der Waals surface area contributed by atoms with Gasteiger partial charge < -0.3 is 8.85 Å². The quantitative estimate of drug-likeness (QED) is 0.236. The molecule has 0 aliphatic heterocycles. The van der Waals surface area contributed by atoms with E-state index < -0.39 is 16.6 Å². The molecule has 0 fully saturated rings. The highest BCUT2D eigenvalue weighted by atomic mass is 28.4. The maximum atomic E-state index is 7.21. The SMILES string of the molecule is CC(C)(C)C1=CC2=C3C(=C4C=C(C(C)(C)C)C=C5C=CC(=C1)[C@@]2(C)[C@]54C)C(O[Si](C)(C)C)C/C=C\CC3O[Si](C)(C)C. The van der Waals surface area contributed by atoms with Crippen LogP contribution in [0.4, 0.5) is 0 Å². The summed E-state index contributed by atoms with van der Waals surface area (Å²) in [6, 6.07) is 0. The molecule has 2 nitrogen and oxygen atoms in total. The van der Waals surface area contributed by atoms with Gasteiger partial charge >= 0.3 is 0 Å². The topological polar surface area (TPSA) is 18.5 Å². The summed E-state index contributed by atoms with van der Waals surface area (Å²) in [6.45, 7) is 33.2. The van der Waals surface area contributed by atoms with Gasteiger partial charge in [-0.2, -0.15) is 0 Å². The average Bonchev–Trinajstić information content (AvgIpc) is 2.79. The molecule has 0 aromatic rings. The molecule has 0 N–H and O–H groups in total. The van der Waals surface area contributed by atoms with Crippen LogP contribution in [0.15, 0.2) is 93.2 Å². The van der Waals surface area contributed by atoms with Crippen molar-refractivity contribution < 1.29 is 8.85 Å². The summed E-state index contributed by atoms with van der Waals surface area (Å²) in [7, 11) is -3.77. The smallest absolute Gasteiger partial charge is 0.184 e. The first-order chi connectivity index (χ1) is 19.1. The standard InChI is InChI=1S/C38H56O2Si2/c1-35(2,3)27-21-25-19-20-26-22-28(36(4,5)6)24-30-34-32(40-42(12,13)14)18-16-15-17-31(39-41(9,10)11)33(34)29(23-27)37(25,7)38(26,30)8/h15-16,19-24,31-32H,17-18H2,1-14H3/b16-15-/t31?,32?,37-,38-/m1/s1. The zero-order valence-electron chi connectivity index (χ0n) is 29.0. The maximum Gasteiger partial charge on any atom is 0.184 e. The summed E-state index contributed by atoms with van der Waals surface area (Å²) in [5.74, 6) is 0. The molecule has 42 heavy (non-hydrogen) atoms. The van der Waals surface area contributed by atoms with E-state index in [9.17, 15) is 0 Å². The van der Waals surface area contributed by atoms with Crippen LogP contribution < -0.4 is 0 Å². The molecule has 0 radical (unpaired) electrons. The number of hydrogen-bond donors (Lipinski definition) is 0. The van der Waals surface area contributed by atoms with Gasteiger partial charge in [0.1, 0.15) is 0 Å². The Labute approximate surface area is 259 Å². The Morgan fingerprint density at radius 1 is 0.595 bits per heavy atom. The summed E-state index contributed by atoms with van der Waals surface area (Å²) in [4.78, 5) is 0. The van der Waals surface area contributed by atoms with E-state index in [0.717, 1.165) is 12.8 Å². The second-order valence-corrected chi connectivity index (χ2v) is 26.4. The van der Waals surface area contributed by atoms with Crippen LogP contribution in [-0.4, -0.2) is 28.8 Å². The zero-order chi connectivity index (χ0) is 31.3. The van der Waals surface area contributed by atoms with Crippen molar-refractivity contribution in [2.24, 2.45) is 21.7 Å². The molecule has 0 amide bonds. The Balaban J connectivity index is 1.99. The highest BCUT2D eigenvalue weighted by Crippen LogP contribution is 2.69. The lowest BCUT2D eigenvalue weighted by molar-refractivity contribution is 0.177. The fourth-order valence-electron chi connectivity index (χ4n) is 7.63. The predicted octanol–water partition coefficient (Wildman–Crippen LogP) is 10.8. The van der Waals surface area contributed by atoms with E-state index in [4.69, 9.17) is 8.85 Å². The van der Waals surface area contributed by atoms with Crippen molar-refractivity contribution in [3.63, 3.8) is 0 Å². The molecule has 0 heterocycles. The van der Waals surface area contributed by atoms with Crippen molar-refractivity contribution in [1.29, 1.82) is 0 Å². The molecule has 228 valence electrons. The second-order valence-electron chi connectivity index (χ2n) is 17.5. The highest BCUT2D eigenvalue weighted by molar-refractivity contribution is 6.70. The van der Waals surface area contributed by atoms with Gasteiger partial charge in [-0.15, -0.1) is 0 Å². The van der Waals surface area contributed by atoms with E-state index in [-0.39, 0.29) is 33.9 Å². The summed E-state index contributed by atoms with van der Waals surface area (Å²) in [5, 5.41) is 0. The summed E-state index contributed by atoms with van der Waals surface area (Å²) < 4.78 is 14.4. The highest BCUT2D eigenvalue weighted by Gasteiger charge is 2.60. The van der Waals surface area contributed by atoms with Crippen LogP contribution in [0.3, 0.4) is 0 Å². The van der Waals surface area contributed by atoms with Gasteiger partial charge in [-0.05, 0) is 108 Å². The van der Waals surface area contributed by atoms with E-state index in [0.29, 0.717) is 0 Å². The van der Waals surface area contributed by atoms with Gasteiger partial charge in [0.25, 0.3) is 0 Å². The first-order valence-corrected chi connectivity index (χ1v) is 23.0. The van der Waals surface area contributed by atoms with Gasteiger partial charge in [0, 0.05) is 10.8 Å². The third kappa shape index (κ3) is 5.18. The molecule has 0 spiro atoms. The molecule has 0 aromatic heterocycles. The van der Waals surface area contributed by atoms with Gasteiger partial charge in [-0.1, -0.05) is 104 Å². The number of rotatable bonds is 4. The first kappa shape index (κ1) is 31.7. The van der Waals surface area contributed by atoms with Gasteiger partial charge in [0.15, 0.2) is 16.6 Å².